The summed E-state index contributed by atoms with van der Waals surface area (Å²) in [6, 6.07) is 5.29. The maximum Gasteiger partial charge on any atom is 0.165 e. The van der Waals surface area contributed by atoms with Gasteiger partial charge in [-0.2, -0.15) is 0 Å². The van der Waals surface area contributed by atoms with Gasteiger partial charge in [0.1, 0.15) is 0 Å². The molecule has 0 heterocycles. The van der Waals surface area contributed by atoms with Crippen molar-refractivity contribution in [1.82, 2.24) is 5.32 Å². The Hall–Kier alpha value is -1.53. The number of hydrogen-bond acceptors (Lipinski definition) is 2. The van der Waals surface area contributed by atoms with E-state index >= 15 is 0 Å². The van der Waals surface area contributed by atoms with E-state index in [4.69, 9.17) is 11.2 Å². The Morgan fingerprint density at radius 2 is 2.22 bits per heavy atom. The first-order valence-electron chi connectivity index (χ1n) is 6.15. The van der Waals surface area contributed by atoms with Crippen LogP contribution in [0.2, 0.25) is 0 Å². The van der Waals surface area contributed by atoms with Crippen LogP contribution in [0, 0.1) is 18.2 Å². The van der Waals surface area contributed by atoms with Crippen molar-refractivity contribution < 1.29 is 9.13 Å². The van der Waals surface area contributed by atoms with E-state index in [2.05, 4.69) is 18.2 Å². The molecule has 98 valence electrons. The van der Waals surface area contributed by atoms with Crippen LogP contribution in [0.3, 0.4) is 0 Å². The van der Waals surface area contributed by atoms with E-state index in [1.165, 1.54) is 13.2 Å². The first-order valence-corrected chi connectivity index (χ1v) is 6.15. The molecule has 3 heteroatoms. The second-order valence-electron chi connectivity index (χ2n) is 4.30. The molecule has 1 rings (SSSR count). The quantitative estimate of drug-likeness (QED) is 0.781. The maximum atomic E-state index is 13.3. The molecule has 0 aliphatic carbocycles. The summed E-state index contributed by atoms with van der Waals surface area (Å²) in [6.45, 7) is 4.12. The molecule has 0 amide bonds. The fourth-order valence-electron chi connectivity index (χ4n) is 1.86. The molecule has 0 saturated heterocycles. The van der Waals surface area contributed by atoms with Crippen molar-refractivity contribution in [1.29, 1.82) is 0 Å². The Labute approximate surface area is 109 Å². The fourth-order valence-corrected chi connectivity index (χ4v) is 1.86. The first-order chi connectivity index (χ1) is 8.62. The molecule has 18 heavy (non-hydrogen) atoms. The van der Waals surface area contributed by atoms with Gasteiger partial charge in [-0.3, -0.25) is 0 Å². The molecule has 0 radical (unpaired) electrons. The van der Waals surface area contributed by atoms with E-state index < -0.39 is 0 Å². The zero-order valence-electron chi connectivity index (χ0n) is 11.2. The average molecular weight is 249 g/mol. The lowest BCUT2D eigenvalue weighted by Gasteiger charge is -2.21. The average Bonchev–Trinajstić information content (AvgIpc) is 2.38. The molecule has 0 fully saturated rings. The SMILES string of the molecule is C#CCC(CC)NC(C)c1ccc(F)c(OC)c1. The standard InChI is InChI=1S/C15H20FNO/c1-5-7-13(6-2)17-11(3)12-8-9-14(16)15(10-12)18-4/h1,8-11,13,17H,6-7H2,2-4H3. The van der Waals surface area contributed by atoms with Gasteiger partial charge in [-0.1, -0.05) is 13.0 Å². The third-order valence-corrected chi connectivity index (χ3v) is 3.02. The molecule has 0 bridgehead atoms. The van der Waals surface area contributed by atoms with Crippen LogP contribution in [0.4, 0.5) is 4.39 Å². The highest BCUT2D eigenvalue weighted by atomic mass is 19.1. The number of rotatable bonds is 6. The van der Waals surface area contributed by atoms with Crippen molar-refractivity contribution in [2.24, 2.45) is 0 Å². The molecule has 1 aromatic rings. The topological polar surface area (TPSA) is 21.3 Å². The molecule has 0 aromatic heterocycles. The Morgan fingerprint density at radius 1 is 1.50 bits per heavy atom. The van der Waals surface area contributed by atoms with Crippen LogP contribution in [0.5, 0.6) is 5.75 Å². The monoisotopic (exact) mass is 249 g/mol. The van der Waals surface area contributed by atoms with Crippen molar-refractivity contribution in [3.8, 4) is 18.1 Å². The minimum absolute atomic E-state index is 0.109. The zero-order valence-corrected chi connectivity index (χ0v) is 11.2. The smallest absolute Gasteiger partial charge is 0.165 e. The molecular weight excluding hydrogens is 229 g/mol. The second kappa shape index (κ2) is 7.03. The number of hydrogen-bond donors (Lipinski definition) is 1. The molecule has 0 aliphatic heterocycles. The summed E-state index contributed by atoms with van der Waals surface area (Å²) in [5, 5.41) is 3.43. The Kier molecular flexibility index (Phi) is 5.67. The first kappa shape index (κ1) is 14.5. The maximum absolute atomic E-state index is 13.3. The van der Waals surface area contributed by atoms with Gasteiger partial charge in [-0.15, -0.1) is 12.3 Å². The van der Waals surface area contributed by atoms with E-state index in [9.17, 15) is 4.39 Å². The Balaban J connectivity index is 2.77. The predicted molar refractivity (Wildman–Crippen MR) is 72.0 cm³/mol. The molecule has 1 aromatic carbocycles. The number of ether oxygens (including phenoxy) is 1. The van der Waals surface area contributed by atoms with Crippen molar-refractivity contribution in [3.05, 3.63) is 29.6 Å². The van der Waals surface area contributed by atoms with Crippen molar-refractivity contribution in [3.63, 3.8) is 0 Å². The van der Waals surface area contributed by atoms with E-state index in [-0.39, 0.29) is 23.7 Å². The minimum Gasteiger partial charge on any atom is -0.494 e. The highest BCUT2D eigenvalue weighted by Gasteiger charge is 2.13. The summed E-state index contributed by atoms with van der Waals surface area (Å²) in [7, 11) is 1.47. The highest BCUT2D eigenvalue weighted by Crippen LogP contribution is 2.23. The third kappa shape index (κ3) is 3.75. The Bertz CT molecular complexity index is 425. The molecule has 0 aliphatic rings. The van der Waals surface area contributed by atoms with Crippen molar-refractivity contribution >= 4 is 0 Å². The van der Waals surface area contributed by atoms with Crippen LogP contribution in [-0.2, 0) is 0 Å². The van der Waals surface area contributed by atoms with Crippen molar-refractivity contribution in [2.45, 2.75) is 38.8 Å². The van der Waals surface area contributed by atoms with Gasteiger partial charge in [0.2, 0.25) is 0 Å². The largest absolute Gasteiger partial charge is 0.494 e. The van der Waals surface area contributed by atoms with Gasteiger partial charge in [0.05, 0.1) is 7.11 Å². The van der Waals surface area contributed by atoms with E-state index in [0.29, 0.717) is 6.42 Å². The van der Waals surface area contributed by atoms with Gasteiger partial charge in [0, 0.05) is 18.5 Å². The van der Waals surface area contributed by atoms with Crippen LogP contribution >= 0.6 is 0 Å². The minimum atomic E-state index is -0.343. The van der Waals surface area contributed by atoms with Crippen molar-refractivity contribution in [2.75, 3.05) is 7.11 Å². The summed E-state index contributed by atoms with van der Waals surface area (Å²) in [5.41, 5.74) is 0.990. The van der Waals surface area contributed by atoms with Gasteiger partial charge in [-0.05, 0) is 31.0 Å². The van der Waals surface area contributed by atoms with Gasteiger partial charge >= 0.3 is 0 Å². The van der Waals surface area contributed by atoms with E-state index in [1.54, 1.807) is 12.1 Å². The van der Waals surface area contributed by atoms with Crippen LogP contribution in [0.1, 0.15) is 38.3 Å². The summed E-state index contributed by atoms with van der Waals surface area (Å²) in [6.07, 6.45) is 6.98. The predicted octanol–water partition coefficient (Wildman–Crippen LogP) is 3.29. The molecule has 2 nitrogen and oxygen atoms in total. The number of terminal acetylenes is 1. The third-order valence-electron chi connectivity index (χ3n) is 3.02. The molecule has 0 saturated carbocycles. The summed E-state index contributed by atoms with van der Waals surface area (Å²) >= 11 is 0. The number of nitrogens with one attached hydrogen (secondary N) is 1. The lowest BCUT2D eigenvalue weighted by molar-refractivity contribution is 0.383. The lowest BCUT2D eigenvalue weighted by Crippen LogP contribution is -2.30. The summed E-state index contributed by atoms with van der Waals surface area (Å²) in [4.78, 5) is 0. The number of methoxy groups -OCH3 is 1. The highest BCUT2D eigenvalue weighted by molar-refractivity contribution is 5.32. The van der Waals surface area contributed by atoms with E-state index in [0.717, 1.165) is 12.0 Å². The molecule has 2 unspecified atom stereocenters. The number of benzene rings is 1. The molecular formula is C15H20FNO. The fraction of sp³-hybridized carbons (Fsp3) is 0.467. The second-order valence-corrected chi connectivity index (χ2v) is 4.30. The molecule has 0 spiro atoms. The summed E-state index contributed by atoms with van der Waals surface area (Å²) < 4.78 is 18.3. The number of halogens is 1. The van der Waals surface area contributed by atoms with Gasteiger partial charge in [0.15, 0.2) is 11.6 Å². The van der Waals surface area contributed by atoms with Gasteiger partial charge < -0.3 is 10.1 Å². The van der Waals surface area contributed by atoms with Crippen LogP contribution in [0.25, 0.3) is 0 Å². The van der Waals surface area contributed by atoms with Crippen LogP contribution in [0.15, 0.2) is 18.2 Å². The van der Waals surface area contributed by atoms with Crippen LogP contribution in [-0.4, -0.2) is 13.2 Å². The molecule has 1 N–H and O–H groups in total. The molecule has 2 atom stereocenters. The lowest BCUT2D eigenvalue weighted by atomic mass is 10.0. The van der Waals surface area contributed by atoms with Crippen LogP contribution < -0.4 is 10.1 Å². The van der Waals surface area contributed by atoms with E-state index in [1.807, 2.05) is 6.92 Å². The summed E-state index contributed by atoms with van der Waals surface area (Å²) in [5.74, 6) is 2.59. The Morgan fingerprint density at radius 3 is 2.78 bits per heavy atom. The van der Waals surface area contributed by atoms with Gasteiger partial charge in [-0.25, -0.2) is 4.39 Å². The van der Waals surface area contributed by atoms with Gasteiger partial charge in [0.25, 0.3) is 0 Å². The normalized spacial score (nSPS) is 13.7. The zero-order chi connectivity index (χ0) is 13.5.